The van der Waals surface area contributed by atoms with E-state index in [1.165, 1.54) is 34.1 Å². The number of nitrogens with two attached hydrogens (primary N) is 1. The van der Waals surface area contributed by atoms with Crippen LogP contribution in [0.5, 0.6) is 0 Å². The minimum atomic E-state index is 0.352. The molecule has 102 valence electrons. The predicted molar refractivity (Wildman–Crippen MR) is 84.2 cm³/mol. The van der Waals surface area contributed by atoms with Gasteiger partial charge in [-0.2, -0.15) is 0 Å². The van der Waals surface area contributed by atoms with Crippen molar-refractivity contribution in [3.63, 3.8) is 0 Å². The second-order valence-corrected chi connectivity index (χ2v) is 5.97. The normalized spacial score (nSPS) is 14.3. The molecule has 1 rings (SSSR count). The van der Waals surface area contributed by atoms with Gasteiger partial charge in [-0.15, -0.1) is 0 Å². The molecule has 0 spiro atoms. The Labute approximate surface area is 119 Å². The summed E-state index contributed by atoms with van der Waals surface area (Å²) < 4.78 is 1.19. The van der Waals surface area contributed by atoms with Gasteiger partial charge in [0.05, 0.1) is 0 Å². The third-order valence-corrected chi connectivity index (χ3v) is 4.72. The summed E-state index contributed by atoms with van der Waals surface area (Å²) in [7, 11) is 0. The van der Waals surface area contributed by atoms with Crippen molar-refractivity contribution < 1.29 is 0 Å². The number of rotatable bonds is 6. The first kappa shape index (κ1) is 15.5. The fourth-order valence-electron chi connectivity index (χ4n) is 2.33. The van der Waals surface area contributed by atoms with E-state index in [9.17, 15) is 0 Å². The lowest BCUT2D eigenvalue weighted by Gasteiger charge is -2.25. The molecule has 0 aliphatic carbocycles. The molecule has 3 heteroatoms. The molecular formula is C15H25BrN2. The van der Waals surface area contributed by atoms with Crippen LogP contribution < -0.4 is 11.1 Å². The van der Waals surface area contributed by atoms with Crippen LogP contribution in [-0.2, 0) is 0 Å². The minimum absolute atomic E-state index is 0.352. The van der Waals surface area contributed by atoms with Gasteiger partial charge >= 0.3 is 0 Å². The number of anilines is 1. The average molecular weight is 313 g/mol. The van der Waals surface area contributed by atoms with Crippen LogP contribution >= 0.6 is 15.9 Å². The van der Waals surface area contributed by atoms with E-state index in [2.05, 4.69) is 61.1 Å². The number of nitrogens with one attached hydrogen (secondary N) is 1. The van der Waals surface area contributed by atoms with Gasteiger partial charge in [-0.3, -0.25) is 0 Å². The molecule has 1 aromatic carbocycles. The van der Waals surface area contributed by atoms with Crippen molar-refractivity contribution in [2.24, 2.45) is 11.7 Å². The van der Waals surface area contributed by atoms with Crippen LogP contribution in [0.1, 0.15) is 37.8 Å². The van der Waals surface area contributed by atoms with Crippen LogP contribution in [0, 0.1) is 19.8 Å². The van der Waals surface area contributed by atoms with Gasteiger partial charge in [0.25, 0.3) is 0 Å². The van der Waals surface area contributed by atoms with Gasteiger partial charge in [-0.1, -0.05) is 36.2 Å². The van der Waals surface area contributed by atoms with Gasteiger partial charge in [-0.05, 0) is 49.4 Å². The van der Waals surface area contributed by atoms with Crippen molar-refractivity contribution >= 4 is 21.6 Å². The van der Waals surface area contributed by atoms with Crippen LogP contribution in [0.15, 0.2) is 16.6 Å². The number of aryl methyl sites for hydroxylation is 2. The van der Waals surface area contributed by atoms with Gasteiger partial charge < -0.3 is 11.1 Å². The molecule has 0 aromatic heterocycles. The highest BCUT2D eigenvalue weighted by Gasteiger charge is 2.15. The van der Waals surface area contributed by atoms with E-state index in [0.29, 0.717) is 18.5 Å². The number of halogens is 1. The molecule has 0 fully saturated rings. The number of hydrogen-bond acceptors (Lipinski definition) is 2. The lowest BCUT2D eigenvalue weighted by Crippen LogP contribution is -2.35. The summed E-state index contributed by atoms with van der Waals surface area (Å²) in [5.74, 6) is 0.601. The minimum Gasteiger partial charge on any atom is -0.381 e. The molecule has 0 aliphatic heterocycles. The zero-order valence-electron chi connectivity index (χ0n) is 11.9. The Hall–Kier alpha value is -0.540. The zero-order chi connectivity index (χ0) is 13.7. The van der Waals surface area contributed by atoms with Crippen LogP contribution in [0.2, 0.25) is 0 Å². The molecular weight excluding hydrogens is 288 g/mol. The summed E-state index contributed by atoms with van der Waals surface area (Å²) in [5.41, 5.74) is 9.58. The fourth-order valence-corrected chi connectivity index (χ4v) is 2.56. The molecule has 1 aromatic rings. The van der Waals surface area contributed by atoms with Crippen molar-refractivity contribution in [3.05, 3.63) is 27.7 Å². The van der Waals surface area contributed by atoms with Crippen LogP contribution in [0.25, 0.3) is 0 Å². The maximum atomic E-state index is 5.89. The maximum Gasteiger partial charge on any atom is 0.0409 e. The van der Waals surface area contributed by atoms with Crippen LogP contribution in [0.3, 0.4) is 0 Å². The Balaban J connectivity index is 2.82. The molecule has 18 heavy (non-hydrogen) atoms. The van der Waals surface area contributed by atoms with Gasteiger partial charge in [0.1, 0.15) is 0 Å². The topological polar surface area (TPSA) is 38.0 Å². The van der Waals surface area contributed by atoms with E-state index in [4.69, 9.17) is 5.73 Å². The second kappa shape index (κ2) is 7.15. The molecule has 2 unspecified atom stereocenters. The Morgan fingerprint density at radius 2 is 1.83 bits per heavy atom. The number of benzene rings is 1. The lowest BCUT2D eigenvalue weighted by atomic mass is 9.96. The van der Waals surface area contributed by atoms with E-state index >= 15 is 0 Å². The van der Waals surface area contributed by atoms with Crippen molar-refractivity contribution in [1.82, 2.24) is 0 Å². The molecule has 0 heterocycles. The van der Waals surface area contributed by atoms with E-state index in [0.717, 1.165) is 0 Å². The molecule has 0 radical (unpaired) electrons. The molecule has 3 N–H and O–H groups in total. The predicted octanol–water partition coefficient (Wildman–Crippen LogP) is 4.24. The number of hydrogen-bond donors (Lipinski definition) is 2. The third-order valence-electron chi connectivity index (χ3n) is 3.47. The molecule has 0 saturated heterocycles. The summed E-state index contributed by atoms with van der Waals surface area (Å²) in [6.45, 7) is 9.41. The standard InChI is InChI=1S/C15H25BrN2/c1-5-6-10(2)14(9-17)18-13-7-11(3)15(16)12(4)8-13/h7-8,10,14,18H,5-6,9,17H2,1-4H3. The third kappa shape index (κ3) is 3.99. The average Bonchev–Trinajstić information content (AvgIpc) is 2.33. The van der Waals surface area contributed by atoms with Crippen molar-refractivity contribution in [3.8, 4) is 0 Å². The smallest absolute Gasteiger partial charge is 0.0409 e. The largest absolute Gasteiger partial charge is 0.381 e. The van der Waals surface area contributed by atoms with Crippen molar-refractivity contribution in [2.75, 3.05) is 11.9 Å². The Bertz CT molecular complexity index is 367. The van der Waals surface area contributed by atoms with Crippen LogP contribution in [0.4, 0.5) is 5.69 Å². The van der Waals surface area contributed by atoms with Crippen molar-refractivity contribution in [1.29, 1.82) is 0 Å². The Kier molecular flexibility index (Phi) is 6.16. The van der Waals surface area contributed by atoms with Crippen molar-refractivity contribution in [2.45, 2.75) is 46.6 Å². The van der Waals surface area contributed by atoms with E-state index in [1.54, 1.807) is 0 Å². The van der Waals surface area contributed by atoms with E-state index in [-0.39, 0.29) is 0 Å². The summed E-state index contributed by atoms with van der Waals surface area (Å²) in [6.07, 6.45) is 2.42. The molecule has 2 atom stereocenters. The summed E-state index contributed by atoms with van der Waals surface area (Å²) in [6, 6.07) is 4.71. The molecule has 0 bridgehead atoms. The van der Waals surface area contributed by atoms with E-state index < -0.39 is 0 Å². The highest BCUT2D eigenvalue weighted by atomic mass is 79.9. The summed E-state index contributed by atoms with van der Waals surface area (Å²) >= 11 is 3.60. The molecule has 0 saturated carbocycles. The fraction of sp³-hybridized carbons (Fsp3) is 0.600. The molecule has 2 nitrogen and oxygen atoms in total. The van der Waals surface area contributed by atoms with Gasteiger partial charge in [0.15, 0.2) is 0 Å². The quantitative estimate of drug-likeness (QED) is 0.824. The maximum absolute atomic E-state index is 5.89. The first-order valence-electron chi connectivity index (χ1n) is 6.72. The molecule has 0 aliphatic rings. The Morgan fingerprint density at radius 3 is 2.28 bits per heavy atom. The summed E-state index contributed by atoms with van der Waals surface area (Å²) in [4.78, 5) is 0. The lowest BCUT2D eigenvalue weighted by molar-refractivity contribution is 0.450. The van der Waals surface area contributed by atoms with Gasteiger partial charge in [0, 0.05) is 22.7 Å². The first-order chi connectivity index (χ1) is 8.49. The zero-order valence-corrected chi connectivity index (χ0v) is 13.5. The van der Waals surface area contributed by atoms with E-state index in [1.807, 2.05) is 0 Å². The van der Waals surface area contributed by atoms with Crippen LogP contribution in [-0.4, -0.2) is 12.6 Å². The Morgan fingerprint density at radius 1 is 1.28 bits per heavy atom. The van der Waals surface area contributed by atoms with Gasteiger partial charge in [0.2, 0.25) is 0 Å². The summed E-state index contributed by atoms with van der Waals surface area (Å²) in [5, 5.41) is 3.58. The van der Waals surface area contributed by atoms with Gasteiger partial charge in [-0.25, -0.2) is 0 Å². The highest BCUT2D eigenvalue weighted by Crippen LogP contribution is 2.26. The highest BCUT2D eigenvalue weighted by molar-refractivity contribution is 9.10. The second-order valence-electron chi connectivity index (χ2n) is 5.18. The monoisotopic (exact) mass is 312 g/mol. The molecule has 0 amide bonds. The first-order valence-corrected chi connectivity index (χ1v) is 7.52. The SMILES string of the molecule is CCCC(C)C(CN)Nc1cc(C)c(Br)c(C)c1.